The Morgan fingerprint density at radius 1 is 1.38 bits per heavy atom. The molecule has 1 heterocycles. The molecule has 2 N–H and O–H groups in total. The molecule has 64 valence electrons. The van der Waals surface area contributed by atoms with Gasteiger partial charge in [0.25, 0.3) is 0 Å². The van der Waals surface area contributed by atoms with E-state index in [4.69, 9.17) is 5.26 Å². The quantitative estimate of drug-likeness (QED) is 0.643. The van der Waals surface area contributed by atoms with E-state index in [1.54, 1.807) is 12.1 Å². The van der Waals surface area contributed by atoms with Crippen LogP contribution in [0.5, 0.6) is 0 Å². The highest BCUT2D eigenvalue weighted by atomic mass is 16.3. The Kier molecular flexibility index (Phi) is 1.76. The van der Waals surface area contributed by atoms with Gasteiger partial charge in [-0.1, -0.05) is 18.2 Å². The first-order valence-corrected chi connectivity index (χ1v) is 3.96. The number of benzene rings is 1. The summed E-state index contributed by atoms with van der Waals surface area (Å²) in [6.07, 6.45) is -1.06. The maximum Gasteiger partial charge on any atom is 0.180 e. The molecule has 1 aromatic heterocycles. The van der Waals surface area contributed by atoms with Crippen LogP contribution >= 0.6 is 0 Å². The van der Waals surface area contributed by atoms with Gasteiger partial charge in [0.15, 0.2) is 6.10 Å². The molecule has 3 heteroatoms. The number of hydrogen-bond acceptors (Lipinski definition) is 2. The maximum absolute atomic E-state index is 9.24. The molecule has 0 amide bonds. The van der Waals surface area contributed by atoms with Crippen molar-refractivity contribution >= 4 is 10.9 Å². The predicted molar refractivity (Wildman–Crippen MR) is 48.9 cm³/mol. The molecule has 1 unspecified atom stereocenters. The lowest BCUT2D eigenvalue weighted by molar-refractivity contribution is 0.232. The monoisotopic (exact) mass is 172 g/mol. The highest BCUT2D eigenvalue weighted by molar-refractivity contribution is 5.80. The van der Waals surface area contributed by atoms with Crippen molar-refractivity contribution in [3.63, 3.8) is 0 Å². The lowest BCUT2D eigenvalue weighted by atomic mass is 10.2. The van der Waals surface area contributed by atoms with Crippen molar-refractivity contribution in [2.75, 3.05) is 0 Å². The number of aliphatic hydroxyl groups is 1. The molecule has 0 saturated carbocycles. The maximum atomic E-state index is 9.24. The molecule has 0 fully saturated rings. The average molecular weight is 172 g/mol. The second-order valence-electron chi connectivity index (χ2n) is 2.84. The van der Waals surface area contributed by atoms with Crippen molar-refractivity contribution in [1.82, 2.24) is 4.98 Å². The molecular formula is C10H8N2O. The van der Waals surface area contributed by atoms with Crippen LogP contribution in [-0.2, 0) is 0 Å². The van der Waals surface area contributed by atoms with E-state index < -0.39 is 6.10 Å². The minimum Gasteiger partial charge on any atom is -0.373 e. The van der Waals surface area contributed by atoms with Crippen LogP contribution in [0.15, 0.2) is 30.3 Å². The van der Waals surface area contributed by atoms with Crippen molar-refractivity contribution in [3.8, 4) is 6.07 Å². The van der Waals surface area contributed by atoms with Crippen molar-refractivity contribution in [3.05, 3.63) is 36.0 Å². The molecule has 1 aromatic carbocycles. The Morgan fingerprint density at radius 2 is 2.15 bits per heavy atom. The van der Waals surface area contributed by atoms with Gasteiger partial charge in [-0.3, -0.25) is 0 Å². The first-order chi connectivity index (χ1) is 6.31. The number of nitrogens with one attached hydrogen (secondary N) is 1. The number of hydrogen-bond donors (Lipinski definition) is 2. The van der Waals surface area contributed by atoms with E-state index in [1.807, 2.05) is 24.3 Å². The van der Waals surface area contributed by atoms with Gasteiger partial charge < -0.3 is 10.1 Å². The lowest BCUT2D eigenvalue weighted by Crippen LogP contribution is -1.91. The molecule has 0 aliphatic heterocycles. The molecule has 0 aliphatic rings. The van der Waals surface area contributed by atoms with Crippen molar-refractivity contribution < 1.29 is 5.11 Å². The van der Waals surface area contributed by atoms with Crippen LogP contribution in [0.3, 0.4) is 0 Å². The highest BCUT2D eigenvalue weighted by Crippen LogP contribution is 2.18. The van der Waals surface area contributed by atoms with E-state index in [2.05, 4.69) is 4.98 Å². The molecule has 13 heavy (non-hydrogen) atoms. The van der Waals surface area contributed by atoms with Gasteiger partial charge in [-0.15, -0.1) is 0 Å². The number of aromatic nitrogens is 1. The fourth-order valence-electron chi connectivity index (χ4n) is 1.31. The highest BCUT2D eigenvalue weighted by Gasteiger charge is 2.08. The van der Waals surface area contributed by atoms with Gasteiger partial charge >= 0.3 is 0 Å². The van der Waals surface area contributed by atoms with E-state index in [0.29, 0.717) is 5.69 Å². The minimum atomic E-state index is -1.06. The first-order valence-electron chi connectivity index (χ1n) is 3.96. The summed E-state index contributed by atoms with van der Waals surface area (Å²) in [4.78, 5) is 2.97. The SMILES string of the molecule is N#CC(O)c1cc2ccccc2[nH]1. The van der Waals surface area contributed by atoms with Crippen molar-refractivity contribution in [2.24, 2.45) is 0 Å². The second kappa shape index (κ2) is 2.92. The Balaban J connectivity index is 2.57. The van der Waals surface area contributed by atoms with Crippen molar-refractivity contribution in [1.29, 1.82) is 5.26 Å². The van der Waals surface area contributed by atoms with Gasteiger partial charge in [-0.25, -0.2) is 0 Å². The smallest absolute Gasteiger partial charge is 0.180 e. The minimum absolute atomic E-state index is 0.545. The van der Waals surface area contributed by atoms with Crippen LogP contribution in [0.2, 0.25) is 0 Å². The molecule has 2 aromatic rings. The number of fused-ring (bicyclic) bond motifs is 1. The normalized spacial score (nSPS) is 12.6. The molecule has 3 nitrogen and oxygen atoms in total. The summed E-state index contributed by atoms with van der Waals surface area (Å²) in [7, 11) is 0. The van der Waals surface area contributed by atoms with E-state index >= 15 is 0 Å². The van der Waals surface area contributed by atoms with Crippen LogP contribution in [-0.4, -0.2) is 10.1 Å². The number of aliphatic hydroxyl groups excluding tert-OH is 1. The zero-order valence-electron chi connectivity index (χ0n) is 6.86. The zero-order valence-corrected chi connectivity index (χ0v) is 6.86. The Morgan fingerprint density at radius 3 is 2.85 bits per heavy atom. The summed E-state index contributed by atoms with van der Waals surface area (Å²) >= 11 is 0. The molecule has 0 aliphatic carbocycles. The summed E-state index contributed by atoms with van der Waals surface area (Å²) < 4.78 is 0. The first kappa shape index (κ1) is 7.84. The number of aromatic amines is 1. The Labute approximate surface area is 75.2 Å². The van der Waals surface area contributed by atoms with Gasteiger partial charge in [0.05, 0.1) is 5.69 Å². The van der Waals surface area contributed by atoms with Gasteiger partial charge in [0.1, 0.15) is 6.07 Å². The summed E-state index contributed by atoms with van der Waals surface area (Å²) in [5.74, 6) is 0. The summed E-state index contributed by atoms with van der Waals surface area (Å²) in [6, 6.07) is 11.2. The molecule has 0 saturated heterocycles. The Bertz CT molecular complexity index is 434. The fourth-order valence-corrected chi connectivity index (χ4v) is 1.31. The summed E-state index contributed by atoms with van der Waals surface area (Å²) in [5.41, 5.74) is 1.48. The van der Waals surface area contributed by atoms with E-state index in [1.165, 1.54) is 0 Å². The number of para-hydroxylation sites is 1. The van der Waals surface area contributed by atoms with Gasteiger partial charge in [-0.05, 0) is 17.5 Å². The third-order valence-electron chi connectivity index (χ3n) is 1.97. The van der Waals surface area contributed by atoms with Gasteiger partial charge in [0.2, 0.25) is 0 Å². The molecule has 2 rings (SSSR count). The number of rotatable bonds is 1. The Hall–Kier alpha value is -1.79. The predicted octanol–water partition coefficient (Wildman–Crippen LogP) is 1.72. The van der Waals surface area contributed by atoms with Crippen LogP contribution in [0.4, 0.5) is 0 Å². The van der Waals surface area contributed by atoms with Gasteiger partial charge in [-0.2, -0.15) is 5.26 Å². The lowest BCUT2D eigenvalue weighted by Gasteiger charge is -1.94. The number of nitrogens with zero attached hydrogens (tertiary/aromatic N) is 1. The summed E-state index contributed by atoms with van der Waals surface area (Å²) in [5, 5.41) is 18.7. The third-order valence-corrected chi connectivity index (χ3v) is 1.97. The zero-order chi connectivity index (χ0) is 9.26. The molecule has 0 bridgehead atoms. The van der Waals surface area contributed by atoms with E-state index in [-0.39, 0.29) is 0 Å². The molecule has 0 spiro atoms. The van der Waals surface area contributed by atoms with E-state index in [0.717, 1.165) is 10.9 Å². The topological polar surface area (TPSA) is 59.8 Å². The standard InChI is InChI=1S/C10H8N2O/c11-6-10(13)9-5-7-3-1-2-4-8(7)12-9/h1-5,10,12-13H. The van der Waals surface area contributed by atoms with Crippen molar-refractivity contribution in [2.45, 2.75) is 6.10 Å². The molecule has 1 atom stereocenters. The van der Waals surface area contributed by atoms with Crippen LogP contribution in [0.1, 0.15) is 11.8 Å². The molecular weight excluding hydrogens is 164 g/mol. The third kappa shape index (κ3) is 1.28. The van der Waals surface area contributed by atoms with Crippen LogP contribution in [0.25, 0.3) is 10.9 Å². The van der Waals surface area contributed by atoms with Crippen LogP contribution in [0, 0.1) is 11.3 Å². The number of nitriles is 1. The number of H-pyrrole nitrogens is 1. The average Bonchev–Trinajstić information content (AvgIpc) is 2.59. The summed E-state index contributed by atoms with van der Waals surface area (Å²) in [6.45, 7) is 0. The van der Waals surface area contributed by atoms with Gasteiger partial charge in [0, 0.05) is 5.52 Å². The fraction of sp³-hybridized carbons (Fsp3) is 0.100. The van der Waals surface area contributed by atoms with Crippen LogP contribution < -0.4 is 0 Å². The largest absolute Gasteiger partial charge is 0.373 e. The second-order valence-corrected chi connectivity index (χ2v) is 2.84. The van der Waals surface area contributed by atoms with E-state index in [9.17, 15) is 5.11 Å². The molecule has 0 radical (unpaired) electrons.